The first-order valence-electron chi connectivity index (χ1n) is 7.20. The fourth-order valence-electron chi connectivity index (χ4n) is 1.96. The Morgan fingerprint density at radius 2 is 1.58 bits per heavy atom. The minimum Gasteiger partial charge on any atom is -0.497 e. The van der Waals surface area contributed by atoms with E-state index < -0.39 is 0 Å². The summed E-state index contributed by atoms with van der Waals surface area (Å²) in [5, 5.41) is 8.36. The third kappa shape index (κ3) is 4.93. The van der Waals surface area contributed by atoms with Crippen LogP contribution in [0.25, 0.3) is 0 Å². The van der Waals surface area contributed by atoms with Gasteiger partial charge < -0.3 is 9.64 Å². The molecule has 0 spiro atoms. The molecule has 3 heteroatoms. The summed E-state index contributed by atoms with van der Waals surface area (Å²) < 4.78 is 5.16. The number of nitrogens with one attached hydrogen (secondary N) is 1. The van der Waals surface area contributed by atoms with E-state index in [1.54, 1.807) is 7.11 Å². The fraction of sp³-hybridized carbons (Fsp3) is 0.562. The number of unbranched alkanes of at least 4 members (excludes halogenated alkanes) is 2. The Hall–Kier alpha value is -1.51. The van der Waals surface area contributed by atoms with Crippen molar-refractivity contribution in [3.05, 3.63) is 29.8 Å². The summed E-state index contributed by atoms with van der Waals surface area (Å²) in [6.45, 7) is 6.33. The second-order valence-corrected chi connectivity index (χ2v) is 4.77. The molecule has 0 aliphatic carbocycles. The van der Waals surface area contributed by atoms with E-state index in [9.17, 15) is 0 Å². The van der Waals surface area contributed by atoms with Crippen molar-refractivity contribution >= 4 is 5.84 Å². The van der Waals surface area contributed by atoms with Crippen LogP contribution in [0.2, 0.25) is 0 Å². The van der Waals surface area contributed by atoms with Gasteiger partial charge in [-0.3, -0.25) is 5.41 Å². The van der Waals surface area contributed by atoms with E-state index in [0.29, 0.717) is 5.84 Å². The van der Waals surface area contributed by atoms with Crippen LogP contribution in [-0.2, 0) is 0 Å². The van der Waals surface area contributed by atoms with E-state index in [1.807, 2.05) is 24.3 Å². The molecule has 1 N–H and O–H groups in total. The van der Waals surface area contributed by atoms with Crippen molar-refractivity contribution in [1.82, 2.24) is 4.90 Å². The first kappa shape index (κ1) is 15.5. The highest BCUT2D eigenvalue weighted by molar-refractivity contribution is 5.96. The lowest BCUT2D eigenvalue weighted by molar-refractivity contribution is 0.396. The lowest BCUT2D eigenvalue weighted by atomic mass is 10.1. The predicted octanol–water partition coefficient (Wildman–Crippen LogP) is 3.92. The summed E-state index contributed by atoms with van der Waals surface area (Å²) in [5.74, 6) is 1.47. The number of hydrogen-bond donors (Lipinski definition) is 1. The van der Waals surface area contributed by atoms with Crippen molar-refractivity contribution in [2.45, 2.75) is 39.5 Å². The van der Waals surface area contributed by atoms with Gasteiger partial charge >= 0.3 is 0 Å². The zero-order valence-corrected chi connectivity index (χ0v) is 12.4. The van der Waals surface area contributed by atoms with Crippen LogP contribution in [0.4, 0.5) is 0 Å². The molecule has 0 amide bonds. The number of amidine groups is 1. The molecule has 0 unspecified atom stereocenters. The highest BCUT2D eigenvalue weighted by Crippen LogP contribution is 2.14. The van der Waals surface area contributed by atoms with Gasteiger partial charge in [-0.25, -0.2) is 0 Å². The maximum absolute atomic E-state index is 8.36. The Kier molecular flexibility index (Phi) is 7.01. The van der Waals surface area contributed by atoms with Gasteiger partial charge in [-0.05, 0) is 37.1 Å². The van der Waals surface area contributed by atoms with Crippen LogP contribution in [-0.4, -0.2) is 30.9 Å². The van der Waals surface area contributed by atoms with Crippen LogP contribution >= 0.6 is 0 Å². The average molecular weight is 262 g/mol. The molecule has 0 radical (unpaired) electrons. The average Bonchev–Trinajstić information content (AvgIpc) is 2.47. The summed E-state index contributed by atoms with van der Waals surface area (Å²) in [4.78, 5) is 2.19. The van der Waals surface area contributed by atoms with Crippen LogP contribution in [0.1, 0.15) is 45.1 Å². The van der Waals surface area contributed by atoms with Gasteiger partial charge in [0.05, 0.1) is 7.11 Å². The quantitative estimate of drug-likeness (QED) is 0.569. The van der Waals surface area contributed by atoms with Crippen LogP contribution < -0.4 is 4.74 Å². The minimum atomic E-state index is 0.629. The van der Waals surface area contributed by atoms with Crippen molar-refractivity contribution in [2.75, 3.05) is 20.2 Å². The van der Waals surface area contributed by atoms with Crippen molar-refractivity contribution in [1.29, 1.82) is 5.41 Å². The zero-order valence-electron chi connectivity index (χ0n) is 12.4. The first-order valence-corrected chi connectivity index (χ1v) is 7.20. The van der Waals surface area contributed by atoms with E-state index in [1.165, 1.54) is 12.8 Å². The van der Waals surface area contributed by atoms with Gasteiger partial charge in [-0.15, -0.1) is 0 Å². The Bertz CT molecular complexity index is 365. The van der Waals surface area contributed by atoms with Gasteiger partial charge in [0.15, 0.2) is 0 Å². The van der Waals surface area contributed by atoms with Crippen LogP contribution in [0.3, 0.4) is 0 Å². The molecular weight excluding hydrogens is 236 g/mol. The van der Waals surface area contributed by atoms with Crippen molar-refractivity contribution in [3.63, 3.8) is 0 Å². The third-order valence-corrected chi connectivity index (χ3v) is 3.24. The van der Waals surface area contributed by atoms with Crippen LogP contribution in [0.15, 0.2) is 24.3 Å². The zero-order chi connectivity index (χ0) is 14.1. The second kappa shape index (κ2) is 8.57. The number of nitrogens with zero attached hydrogens (tertiary/aromatic N) is 1. The van der Waals surface area contributed by atoms with Gasteiger partial charge in [0.2, 0.25) is 0 Å². The van der Waals surface area contributed by atoms with Gasteiger partial charge in [-0.1, -0.05) is 26.7 Å². The molecular formula is C16H26N2O. The molecule has 0 aromatic heterocycles. The molecule has 0 aliphatic rings. The normalized spacial score (nSPS) is 10.3. The third-order valence-electron chi connectivity index (χ3n) is 3.24. The highest BCUT2D eigenvalue weighted by Gasteiger charge is 2.11. The molecule has 0 saturated heterocycles. The molecule has 106 valence electrons. The molecule has 0 heterocycles. The number of ether oxygens (including phenoxy) is 1. The molecule has 0 bridgehead atoms. The van der Waals surface area contributed by atoms with Gasteiger partial charge in [-0.2, -0.15) is 0 Å². The molecule has 1 aromatic rings. The van der Waals surface area contributed by atoms with Gasteiger partial charge in [0.1, 0.15) is 11.6 Å². The maximum Gasteiger partial charge on any atom is 0.128 e. The molecule has 0 saturated carbocycles. The van der Waals surface area contributed by atoms with Crippen LogP contribution in [0.5, 0.6) is 5.75 Å². The summed E-state index contributed by atoms with van der Waals surface area (Å²) >= 11 is 0. The number of methoxy groups -OCH3 is 1. The number of benzene rings is 1. The molecule has 1 rings (SSSR count). The maximum atomic E-state index is 8.36. The lowest BCUT2D eigenvalue weighted by Gasteiger charge is -2.25. The van der Waals surface area contributed by atoms with E-state index in [-0.39, 0.29) is 0 Å². The van der Waals surface area contributed by atoms with Crippen molar-refractivity contribution in [3.8, 4) is 5.75 Å². The molecule has 3 nitrogen and oxygen atoms in total. The van der Waals surface area contributed by atoms with E-state index >= 15 is 0 Å². The smallest absolute Gasteiger partial charge is 0.128 e. The molecule has 19 heavy (non-hydrogen) atoms. The highest BCUT2D eigenvalue weighted by atomic mass is 16.5. The van der Waals surface area contributed by atoms with Crippen molar-refractivity contribution < 1.29 is 4.74 Å². The van der Waals surface area contributed by atoms with E-state index in [4.69, 9.17) is 10.1 Å². The molecule has 0 atom stereocenters. The molecule has 0 fully saturated rings. The Balaban J connectivity index is 2.72. The Labute approximate surface area is 117 Å². The topological polar surface area (TPSA) is 36.3 Å². The van der Waals surface area contributed by atoms with Gasteiger partial charge in [0, 0.05) is 18.7 Å². The summed E-state index contributed by atoms with van der Waals surface area (Å²) in [6.07, 6.45) is 4.61. The second-order valence-electron chi connectivity index (χ2n) is 4.77. The Morgan fingerprint density at radius 3 is 2.00 bits per heavy atom. The van der Waals surface area contributed by atoms with E-state index in [0.717, 1.165) is 37.2 Å². The minimum absolute atomic E-state index is 0.629. The number of hydrogen-bond acceptors (Lipinski definition) is 2. The molecule has 0 aliphatic heterocycles. The van der Waals surface area contributed by atoms with Crippen molar-refractivity contribution in [2.24, 2.45) is 0 Å². The monoisotopic (exact) mass is 262 g/mol. The molecule has 1 aromatic carbocycles. The standard InChI is InChI=1S/C16H26N2O/c1-4-6-12-18(13-7-5-2)16(17)14-8-10-15(19-3)11-9-14/h8-11,17H,4-7,12-13H2,1-3H3. The first-order chi connectivity index (χ1) is 9.22. The summed E-state index contributed by atoms with van der Waals surface area (Å²) in [7, 11) is 1.66. The van der Waals surface area contributed by atoms with Crippen LogP contribution in [0, 0.1) is 5.41 Å². The summed E-state index contributed by atoms with van der Waals surface area (Å²) in [5.41, 5.74) is 0.966. The van der Waals surface area contributed by atoms with E-state index in [2.05, 4.69) is 18.7 Å². The number of rotatable bonds is 8. The van der Waals surface area contributed by atoms with Gasteiger partial charge in [0.25, 0.3) is 0 Å². The fourth-order valence-corrected chi connectivity index (χ4v) is 1.96. The predicted molar refractivity (Wildman–Crippen MR) is 81.2 cm³/mol. The summed E-state index contributed by atoms with van der Waals surface area (Å²) in [6, 6.07) is 7.77. The Morgan fingerprint density at radius 1 is 1.05 bits per heavy atom. The SMILES string of the molecule is CCCCN(CCCC)C(=N)c1ccc(OC)cc1. The largest absolute Gasteiger partial charge is 0.497 e. The lowest BCUT2D eigenvalue weighted by Crippen LogP contribution is -2.32.